The summed E-state index contributed by atoms with van der Waals surface area (Å²) in [7, 11) is 0. The zero-order valence-electron chi connectivity index (χ0n) is 9.11. The van der Waals surface area contributed by atoms with Crippen LogP contribution in [0.25, 0.3) is 0 Å². The highest BCUT2D eigenvalue weighted by atomic mass is 79.9. The van der Waals surface area contributed by atoms with Crippen LogP contribution in [0.15, 0.2) is 39.7 Å². The number of nitrogens with one attached hydrogen (secondary N) is 1. The molecule has 0 aliphatic heterocycles. The van der Waals surface area contributed by atoms with E-state index < -0.39 is 0 Å². The second-order valence-electron chi connectivity index (χ2n) is 3.55. The summed E-state index contributed by atoms with van der Waals surface area (Å²) < 4.78 is 1.62. The summed E-state index contributed by atoms with van der Waals surface area (Å²) in [5, 5.41) is 2.84. The van der Waals surface area contributed by atoms with Crippen LogP contribution < -0.4 is 5.32 Å². The molecular weight excluding hydrogens is 354 g/mol. The van der Waals surface area contributed by atoms with Gasteiger partial charge in [-0.05, 0) is 30.3 Å². The average molecular weight is 363 g/mol. The summed E-state index contributed by atoms with van der Waals surface area (Å²) in [4.78, 5) is 13.6. The molecule has 2 rings (SSSR count). The van der Waals surface area contributed by atoms with Crippen LogP contribution in [-0.4, -0.2) is 5.91 Å². The minimum Gasteiger partial charge on any atom is -0.347 e. The van der Waals surface area contributed by atoms with Crippen molar-refractivity contribution in [2.75, 3.05) is 0 Å². The molecule has 1 aromatic carbocycles. The van der Waals surface area contributed by atoms with Gasteiger partial charge in [0.15, 0.2) is 0 Å². The second-order valence-corrected chi connectivity index (χ2v) is 6.75. The summed E-state index contributed by atoms with van der Waals surface area (Å²) in [6.07, 6.45) is 0. The van der Waals surface area contributed by atoms with Crippen molar-refractivity contribution in [3.05, 3.63) is 49.6 Å². The molecule has 1 N–H and O–H groups in total. The lowest BCUT2D eigenvalue weighted by Crippen LogP contribution is -2.22. The highest BCUT2D eigenvalue weighted by molar-refractivity contribution is 9.10. The number of benzene rings is 1. The third-order valence-electron chi connectivity index (χ3n) is 2.26. The maximum Gasteiger partial charge on any atom is 0.252 e. The maximum atomic E-state index is 12.0. The monoisotopic (exact) mass is 361 g/mol. The van der Waals surface area contributed by atoms with E-state index in [1.807, 2.05) is 18.2 Å². The molecule has 0 unspecified atom stereocenters. The van der Waals surface area contributed by atoms with Gasteiger partial charge in [-0.2, -0.15) is 0 Å². The molecule has 0 saturated carbocycles. The molecule has 0 bridgehead atoms. The minimum absolute atomic E-state index is 0.142. The van der Waals surface area contributed by atoms with Crippen molar-refractivity contribution in [3.63, 3.8) is 0 Å². The Morgan fingerprint density at radius 2 is 2.17 bits per heavy atom. The smallest absolute Gasteiger partial charge is 0.252 e. The number of carbonyl (C=O) groups is 1. The van der Waals surface area contributed by atoms with Crippen LogP contribution in [0.3, 0.4) is 0 Å². The molecule has 1 heterocycles. The van der Waals surface area contributed by atoms with E-state index in [4.69, 9.17) is 11.6 Å². The van der Waals surface area contributed by atoms with E-state index >= 15 is 0 Å². The fourth-order valence-corrected chi connectivity index (χ4v) is 3.29. The fourth-order valence-electron chi connectivity index (χ4n) is 1.41. The molecule has 6 heteroatoms. The van der Waals surface area contributed by atoms with Gasteiger partial charge in [0.05, 0.1) is 16.4 Å². The maximum absolute atomic E-state index is 12.0. The van der Waals surface area contributed by atoms with Gasteiger partial charge >= 0.3 is 0 Å². The quantitative estimate of drug-likeness (QED) is 0.779. The Kier molecular flexibility index (Phi) is 4.72. The van der Waals surface area contributed by atoms with Crippen LogP contribution >= 0.6 is 51.5 Å². The van der Waals surface area contributed by atoms with E-state index in [-0.39, 0.29) is 5.91 Å². The molecule has 2 aromatic rings. The van der Waals surface area contributed by atoms with E-state index in [1.165, 1.54) is 11.3 Å². The molecule has 1 aromatic heterocycles. The van der Waals surface area contributed by atoms with E-state index in [2.05, 4.69) is 33.9 Å². The SMILES string of the molecule is O=C(NCc1ccc(Cl)s1)c1ccc(Br)cc1S. The summed E-state index contributed by atoms with van der Waals surface area (Å²) in [6.45, 7) is 0.472. The van der Waals surface area contributed by atoms with Crippen molar-refractivity contribution in [1.82, 2.24) is 5.32 Å². The van der Waals surface area contributed by atoms with Crippen molar-refractivity contribution in [1.29, 1.82) is 0 Å². The van der Waals surface area contributed by atoms with E-state index in [9.17, 15) is 4.79 Å². The highest BCUT2D eigenvalue weighted by Crippen LogP contribution is 2.22. The van der Waals surface area contributed by atoms with Crippen LogP contribution in [0, 0.1) is 0 Å². The lowest BCUT2D eigenvalue weighted by molar-refractivity contribution is 0.0948. The molecule has 0 radical (unpaired) electrons. The van der Waals surface area contributed by atoms with Crippen molar-refractivity contribution < 1.29 is 4.79 Å². The first-order valence-corrected chi connectivity index (χ1v) is 7.50. The molecule has 0 aliphatic carbocycles. The van der Waals surface area contributed by atoms with Crippen molar-refractivity contribution >= 4 is 57.4 Å². The van der Waals surface area contributed by atoms with Crippen LogP contribution in [0.4, 0.5) is 0 Å². The van der Waals surface area contributed by atoms with Crippen molar-refractivity contribution in [3.8, 4) is 0 Å². The predicted octanol–water partition coefficient (Wildman–Crippen LogP) is 4.38. The molecule has 0 spiro atoms. The van der Waals surface area contributed by atoms with E-state index in [0.717, 1.165) is 13.7 Å². The number of hydrogen-bond donors (Lipinski definition) is 2. The number of carbonyl (C=O) groups excluding carboxylic acids is 1. The lowest BCUT2D eigenvalue weighted by atomic mass is 10.2. The van der Waals surface area contributed by atoms with Gasteiger partial charge in [-0.25, -0.2) is 0 Å². The highest BCUT2D eigenvalue weighted by Gasteiger charge is 2.09. The van der Waals surface area contributed by atoms with Gasteiger partial charge in [0, 0.05) is 14.2 Å². The average Bonchev–Trinajstić information content (AvgIpc) is 2.72. The zero-order chi connectivity index (χ0) is 13.1. The fraction of sp³-hybridized carbons (Fsp3) is 0.0833. The lowest BCUT2D eigenvalue weighted by Gasteiger charge is -2.06. The largest absolute Gasteiger partial charge is 0.347 e. The summed E-state index contributed by atoms with van der Waals surface area (Å²) in [6, 6.07) is 9.06. The second kappa shape index (κ2) is 6.10. The Morgan fingerprint density at radius 3 is 2.78 bits per heavy atom. The molecule has 94 valence electrons. The van der Waals surface area contributed by atoms with Gasteiger partial charge in [-0.1, -0.05) is 27.5 Å². The molecule has 0 fully saturated rings. The van der Waals surface area contributed by atoms with E-state index in [1.54, 1.807) is 12.1 Å². The van der Waals surface area contributed by atoms with E-state index in [0.29, 0.717) is 17.0 Å². The summed E-state index contributed by atoms with van der Waals surface area (Å²) >= 11 is 14.9. The first kappa shape index (κ1) is 13.9. The third-order valence-corrected chi connectivity index (χ3v) is 4.35. The Bertz CT molecular complexity index is 585. The molecular formula is C12H9BrClNOS2. The van der Waals surface area contributed by atoms with Gasteiger partial charge < -0.3 is 5.32 Å². The van der Waals surface area contributed by atoms with Crippen LogP contribution in [0.2, 0.25) is 4.34 Å². The van der Waals surface area contributed by atoms with Crippen molar-refractivity contribution in [2.45, 2.75) is 11.4 Å². The number of thiophene rings is 1. The first-order chi connectivity index (χ1) is 8.56. The standard InChI is InChI=1S/C12H9BrClNOS2/c13-7-1-3-9(10(17)5-7)12(16)15-6-8-2-4-11(14)18-8/h1-5,17H,6H2,(H,15,16). The van der Waals surface area contributed by atoms with Crippen molar-refractivity contribution in [2.24, 2.45) is 0 Å². The summed E-state index contributed by atoms with van der Waals surface area (Å²) in [5.41, 5.74) is 0.559. The van der Waals surface area contributed by atoms with Gasteiger partial charge in [0.2, 0.25) is 0 Å². The normalized spacial score (nSPS) is 10.4. The minimum atomic E-state index is -0.142. The topological polar surface area (TPSA) is 29.1 Å². The molecule has 1 amide bonds. The molecule has 2 nitrogen and oxygen atoms in total. The third kappa shape index (κ3) is 3.51. The first-order valence-electron chi connectivity index (χ1n) is 5.07. The number of thiol groups is 1. The zero-order valence-corrected chi connectivity index (χ0v) is 13.2. The Morgan fingerprint density at radius 1 is 1.39 bits per heavy atom. The molecule has 0 saturated heterocycles. The molecule has 0 atom stereocenters. The number of hydrogen-bond acceptors (Lipinski definition) is 3. The van der Waals surface area contributed by atoms with Crippen LogP contribution in [0.1, 0.15) is 15.2 Å². The van der Waals surface area contributed by atoms with Gasteiger partial charge in [-0.3, -0.25) is 4.79 Å². The number of rotatable bonds is 3. The Labute approximate surface area is 128 Å². The van der Waals surface area contributed by atoms with Gasteiger partial charge in [0.25, 0.3) is 5.91 Å². The number of halogens is 2. The number of amides is 1. The molecule has 0 aliphatic rings. The van der Waals surface area contributed by atoms with Crippen LogP contribution in [0.5, 0.6) is 0 Å². The Hall–Kier alpha value is -0.490. The predicted molar refractivity (Wildman–Crippen MR) is 81.9 cm³/mol. The van der Waals surface area contributed by atoms with Crippen LogP contribution in [-0.2, 0) is 6.54 Å². The van der Waals surface area contributed by atoms with Gasteiger partial charge in [-0.15, -0.1) is 24.0 Å². The molecule has 18 heavy (non-hydrogen) atoms. The Balaban J connectivity index is 2.03. The summed E-state index contributed by atoms with van der Waals surface area (Å²) in [5.74, 6) is -0.142. The van der Waals surface area contributed by atoms with Gasteiger partial charge in [0.1, 0.15) is 0 Å².